The zero-order valence-corrected chi connectivity index (χ0v) is 20.1. The highest BCUT2D eigenvalue weighted by Gasteiger charge is 2.25. The van der Waals surface area contributed by atoms with Gasteiger partial charge in [0.15, 0.2) is 0 Å². The number of nitrogens with zero attached hydrogens (tertiary/aromatic N) is 1. The van der Waals surface area contributed by atoms with E-state index in [0.29, 0.717) is 30.0 Å². The number of anilines is 1. The van der Waals surface area contributed by atoms with Crippen LogP contribution >= 0.6 is 0 Å². The van der Waals surface area contributed by atoms with Crippen LogP contribution in [0.5, 0.6) is 0 Å². The summed E-state index contributed by atoms with van der Waals surface area (Å²) in [6.45, 7) is 6.47. The van der Waals surface area contributed by atoms with Crippen molar-refractivity contribution in [1.82, 2.24) is 10.3 Å². The Labute approximate surface area is 200 Å². The van der Waals surface area contributed by atoms with Gasteiger partial charge in [-0.3, -0.25) is 9.59 Å². The SMILES string of the molecule is CCN(c1cccc2c1C/C=C/C(CO)Cc1cc(C)[nH]c(=O)c1CNC2=O)C1CCOCC1. The standard InChI is InChI=1S/C27H35N3O4/c1-3-30(21-10-12-34-13-11-21)25-9-5-8-23-22(25)7-4-6-19(17-31)15-20-14-18(2)29-27(33)24(20)16-28-26(23)32/h4-6,8-9,14,19,21,31H,3,7,10-13,15-17H2,1-2H3,(H,28,32)(H,29,33)/b6-4+. The first-order valence-electron chi connectivity index (χ1n) is 12.3. The molecule has 2 aliphatic rings. The van der Waals surface area contributed by atoms with Crippen LogP contribution in [0.3, 0.4) is 0 Å². The second-order valence-electron chi connectivity index (χ2n) is 9.18. The number of aromatic nitrogens is 1. The first-order chi connectivity index (χ1) is 16.5. The van der Waals surface area contributed by atoms with Crippen molar-refractivity contribution in [2.24, 2.45) is 5.92 Å². The van der Waals surface area contributed by atoms with E-state index in [0.717, 1.165) is 55.1 Å². The van der Waals surface area contributed by atoms with E-state index in [1.54, 1.807) is 0 Å². The third-order valence-corrected chi connectivity index (χ3v) is 6.91. The summed E-state index contributed by atoms with van der Waals surface area (Å²) >= 11 is 0. The topological polar surface area (TPSA) is 94.7 Å². The van der Waals surface area contributed by atoms with Crippen molar-refractivity contribution in [2.75, 3.05) is 31.3 Å². The summed E-state index contributed by atoms with van der Waals surface area (Å²) in [6.07, 6.45) is 7.13. The van der Waals surface area contributed by atoms with Gasteiger partial charge in [0, 0.05) is 67.4 Å². The molecule has 1 aromatic heterocycles. The maximum absolute atomic E-state index is 13.3. The average Bonchev–Trinajstić information content (AvgIpc) is 2.83. The molecule has 1 atom stereocenters. The molecule has 3 N–H and O–H groups in total. The Balaban J connectivity index is 1.75. The zero-order valence-electron chi connectivity index (χ0n) is 20.1. The van der Waals surface area contributed by atoms with Gasteiger partial charge in [-0.25, -0.2) is 0 Å². The summed E-state index contributed by atoms with van der Waals surface area (Å²) < 4.78 is 5.57. The lowest BCUT2D eigenvalue weighted by molar-refractivity contribution is 0.0845. The molecule has 34 heavy (non-hydrogen) atoms. The minimum atomic E-state index is -0.196. The number of aryl methyl sites for hydroxylation is 1. The molecule has 0 aliphatic carbocycles. The number of fused-ring (bicyclic) bond motifs is 2. The van der Waals surface area contributed by atoms with E-state index in [9.17, 15) is 14.7 Å². The lowest BCUT2D eigenvalue weighted by atomic mass is 9.93. The normalized spacial score (nSPS) is 20.3. The third kappa shape index (κ3) is 5.26. The predicted octanol–water partition coefficient (Wildman–Crippen LogP) is 2.88. The smallest absolute Gasteiger partial charge is 0.253 e. The van der Waals surface area contributed by atoms with E-state index in [4.69, 9.17) is 4.74 Å². The van der Waals surface area contributed by atoms with Crippen LogP contribution < -0.4 is 15.8 Å². The summed E-state index contributed by atoms with van der Waals surface area (Å²) in [4.78, 5) is 31.3. The second kappa shape index (κ2) is 11.0. The molecule has 0 radical (unpaired) electrons. The Morgan fingerprint density at radius 3 is 2.71 bits per heavy atom. The summed E-state index contributed by atoms with van der Waals surface area (Å²) in [6, 6.07) is 8.19. The van der Waals surface area contributed by atoms with Gasteiger partial charge in [-0.15, -0.1) is 0 Å². The van der Waals surface area contributed by atoms with Crippen LogP contribution in [0, 0.1) is 12.8 Å². The minimum Gasteiger partial charge on any atom is -0.396 e. The zero-order chi connectivity index (χ0) is 24.1. The monoisotopic (exact) mass is 465 g/mol. The molecule has 182 valence electrons. The number of H-pyrrole nitrogens is 1. The fourth-order valence-corrected chi connectivity index (χ4v) is 5.17. The number of carbonyl (C=O) groups excluding carboxylic acids is 1. The summed E-state index contributed by atoms with van der Waals surface area (Å²) in [7, 11) is 0. The highest BCUT2D eigenvalue weighted by Crippen LogP contribution is 2.30. The molecule has 1 saturated heterocycles. The minimum absolute atomic E-state index is 0.00813. The van der Waals surface area contributed by atoms with Gasteiger partial charge in [0.2, 0.25) is 0 Å². The van der Waals surface area contributed by atoms with Crippen LogP contribution in [0.15, 0.2) is 41.2 Å². The molecule has 0 saturated carbocycles. The Hall–Kier alpha value is -2.90. The van der Waals surface area contributed by atoms with Gasteiger partial charge in [-0.1, -0.05) is 18.2 Å². The molecule has 0 bridgehead atoms. The molecular weight excluding hydrogens is 430 g/mol. The van der Waals surface area contributed by atoms with Gasteiger partial charge in [0.25, 0.3) is 11.5 Å². The van der Waals surface area contributed by atoms with Gasteiger partial charge in [0.1, 0.15) is 0 Å². The number of rotatable bonds is 4. The van der Waals surface area contributed by atoms with Crippen molar-refractivity contribution in [1.29, 1.82) is 0 Å². The lowest BCUT2D eigenvalue weighted by Gasteiger charge is -2.37. The lowest BCUT2D eigenvalue weighted by Crippen LogP contribution is -2.40. The van der Waals surface area contributed by atoms with Crippen LogP contribution in [-0.4, -0.2) is 48.4 Å². The number of pyridine rings is 1. The molecule has 3 heterocycles. The van der Waals surface area contributed by atoms with Crippen molar-refractivity contribution in [3.05, 3.63) is 74.7 Å². The second-order valence-corrected chi connectivity index (χ2v) is 9.18. The molecule has 2 aromatic rings. The van der Waals surface area contributed by atoms with E-state index < -0.39 is 0 Å². The fraction of sp³-hybridized carbons (Fsp3) is 0.481. The molecule has 1 aromatic carbocycles. The van der Waals surface area contributed by atoms with E-state index in [1.165, 1.54) is 0 Å². The van der Waals surface area contributed by atoms with E-state index in [-0.39, 0.29) is 30.5 Å². The van der Waals surface area contributed by atoms with Gasteiger partial charge in [0.05, 0.1) is 0 Å². The molecule has 7 heteroatoms. The first-order valence-corrected chi connectivity index (χ1v) is 12.3. The Kier molecular flexibility index (Phi) is 7.85. The number of hydrogen-bond acceptors (Lipinski definition) is 5. The number of ether oxygens (including phenoxy) is 1. The van der Waals surface area contributed by atoms with Crippen LogP contribution in [0.2, 0.25) is 0 Å². The molecule has 2 aliphatic heterocycles. The average molecular weight is 466 g/mol. The van der Waals surface area contributed by atoms with Gasteiger partial charge in [-0.2, -0.15) is 0 Å². The van der Waals surface area contributed by atoms with Crippen molar-refractivity contribution in [2.45, 2.75) is 52.1 Å². The predicted molar refractivity (Wildman–Crippen MR) is 133 cm³/mol. The quantitative estimate of drug-likeness (QED) is 0.604. The Bertz CT molecular complexity index is 1100. The number of aliphatic hydroxyl groups excluding tert-OH is 1. The number of amides is 1. The molecule has 0 spiro atoms. The number of allylic oxidation sites excluding steroid dienone is 1. The van der Waals surface area contributed by atoms with Crippen molar-refractivity contribution < 1.29 is 14.6 Å². The fourth-order valence-electron chi connectivity index (χ4n) is 5.17. The largest absolute Gasteiger partial charge is 0.396 e. The van der Waals surface area contributed by atoms with Gasteiger partial charge < -0.3 is 25.0 Å². The number of nitrogens with one attached hydrogen (secondary N) is 2. The molecule has 7 nitrogen and oxygen atoms in total. The van der Waals surface area contributed by atoms with Crippen LogP contribution in [0.25, 0.3) is 0 Å². The molecular formula is C27H35N3O4. The number of benzene rings is 1. The highest BCUT2D eigenvalue weighted by atomic mass is 16.5. The van der Waals surface area contributed by atoms with Crippen molar-refractivity contribution in [3.63, 3.8) is 0 Å². The molecule has 1 fully saturated rings. The number of aliphatic hydroxyl groups is 1. The molecule has 1 amide bonds. The van der Waals surface area contributed by atoms with Crippen LogP contribution in [0.1, 0.15) is 52.5 Å². The van der Waals surface area contributed by atoms with Crippen LogP contribution in [-0.2, 0) is 24.1 Å². The highest BCUT2D eigenvalue weighted by molar-refractivity contribution is 5.97. The number of carbonyl (C=O) groups is 1. The van der Waals surface area contributed by atoms with E-state index >= 15 is 0 Å². The van der Waals surface area contributed by atoms with E-state index in [2.05, 4.69) is 34.3 Å². The Morgan fingerprint density at radius 1 is 1.18 bits per heavy atom. The van der Waals surface area contributed by atoms with Crippen LogP contribution in [0.4, 0.5) is 5.69 Å². The number of hydrogen-bond donors (Lipinski definition) is 3. The number of aromatic amines is 1. The summed E-state index contributed by atoms with van der Waals surface area (Å²) in [5, 5.41) is 13.0. The van der Waals surface area contributed by atoms with Gasteiger partial charge >= 0.3 is 0 Å². The van der Waals surface area contributed by atoms with Gasteiger partial charge in [-0.05, 0) is 68.9 Å². The van der Waals surface area contributed by atoms with E-state index in [1.807, 2.05) is 31.2 Å². The Morgan fingerprint density at radius 2 is 1.97 bits per heavy atom. The molecule has 4 rings (SSSR count). The summed E-state index contributed by atoms with van der Waals surface area (Å²) in [5.74, 6) is -0.290. The van der Waals surface area contributed by atoms with Crippen molar-refractivity contribution >= 4 is 11.6 Å². The van der Waals surface area contributed by atoms with Crippen molar-refractivity contribution in [3.8, 4) is 0 Å². The maximum atomic E-state index is 13.3. The summed E-state index contributed by atoms with van der Waals surface area (Å²) in [5.41, 5.74) is 4.64. The molecule has 1 unspecified atom stereocenters. The third-order valence-electron chi connectivity index (χ3n) is 6.91. The maximum Gasteiger partial charge on any atom is 0.253 e. The first kappa shape index (κ1) is 24.2.